The monoisotopic (exact) mass is 319 g/mol. The number of hydrogen-bond donors (Lipinski definition) is 1. The average Bonchev–Trinajstić information content (AvgIpc) is 2.46. The summed E-state index contributed by atoms with van der Waals surface area (Å²) in [6.45, 7) is 8.90. The quantitative estimate of drug-likeness (QED) is 0.865. The summed E-state index contributed by atoms with van der Waals surface area (Å²) < 4.78 is 5.41. The van der Waals surface area contributed by atoms with Crippen LogP contribution < -0.4 is 5.32 Å². The molecular weight excluding hydrogens is 294 g/mol. The van der Waals surface area contributed by atoms with E-state index in [1.165, 1.54) is 0 Å². The third kappa shape index (κ3) is 4.87. The molecule has 0 aromatic heterocycles. The van der Waals surface area contributed by atoms with Crippen LogP contribution in [0.3, 0.4) is 0 Å². The Morgan fingerprint density at radius 3 is 2.39 bits per heavy atom. The Morgan fingerprint density at radius 1 is 1.17 bits per heavy atom. The van der Waals surface area contributed by atoms with E-state index in [0.29, 0.717) is 19.6 Å². The van der Waals surface area contributed by atoms with Crippen LogP contribution in [0, 0.1) is 0 Å². The highest BCUT2D eigenvalue weighted by Gasteiger charge is 2.32. The third-order valence-electron chi connectivity index (χ3n) is 3.57. The van der Waals surface area contributed by atoms with Gasteiger partial charge in [-0.1, -0.05) is 18.2 Å². The highest BCUT2D eigenvalue weighted by Crippen LogP contribution is 2.16. The molecule has 0 aliphatic carbocycles. The third-order valence-corrected chi connectivity index (χ3v) is 3.57. The number of amides is 3. The molecule has 1 saturated heterocycles. The van der Waals surface area contributed by atoms with E-state index in [-0.39, 0.29) is 18.2 Å². The number of benzene rings is 1. The molecule has 1 aromatic rings. The van der Waals surface area contributed by atoms with E-state index in [0.717, 1.165) is 5.69 Å². The van der Waals surface area contributed by atoms with E-state index in [1.54, 1.807) is 9.80 Å². The molecule has 1 aromatic carbocycles. The molecule has 0 unspecified atom stereocenters. The zero-order valence-corrected chi connectivity index (χ0v) is 14.2. The van der Waals surface area contributed by atoms with E-state index in [9.17, 15) is 9.59 Å². The van der Waals surface area contributed by atoms with E-state index in [4.69, 9.17) is 4.74 Å². The first kappa shape index (κ1) is 17.1. The highest BCUT2D eigenvalue weighted by atomic mass is 16.6. The van der Waals surface area contributed by atoms with E-state index in [2.05, 4.69) is 5.32 Å². The molecule has 126 valence electrons. The van der Waals surface area contributed by atoms with Crippen molar-refractivity contribution >= 4 is 17.8 Å². The van der Waals surface area contributed by atoms with Crippen molar-refractivity contribution in [2.24, 2.45) is 0 Å². The van der Waals surface area contributed by atoms with E-state index in [1.807, 2.05) is 58.0 Å². The van der Waals surface area contributed by atoms with Crippen LogP contribution in [0.1, 0.15) is 27.7 Å². The summed E-state index contributed by atoms with van der Waals surface area (Å²) in [6, 6.07) is 9.11. The molecule has 6 nitrogen and oxygen atoms in total. The highest BCUT2D eigenvalue weighted by molar-refractivity contribution is 5.89. The van der Waals surface area contributed by atoms with Gasteiger partial charge in [0.2, 0.25) is 0 Å². The van der Waals surface area contributed by atoms with Crippen LogP contribution in [0.4, 0.5) is 15.3 Å². The van der Waals surface area contributed by atoms with E-state index >= 15 is 0 Å². The smallest absolute Gasteiger partial charge is 0.410 e. The van der Waals surface area contributed by atoms with Crippen LogP contribution in [-0.2, 0) is 4.74 Å². The SMILES string of the molecule is C[C@H]1CN(C(=O)Nc2ccccc2)CCN1C(=O)OC(C)(C)C. The topological polar surface area (TPSA) is 61.9 Å². The fourth-order valence-electron chi connectivity index (χ4n) is 2.46. The number of para-hydroxylation sites is 1. The molecule has 1 atom stereocenters. The first-order chi connectivity index (χ1) is 10.8. The second-order valence-corrected chi connectivity index (χ2v) is 6.76. The summed E-state index contributed by atoms with van der Waals surface area (Å²) in [6.07, 6.45) is -0.326. The molecule has 1 aliphatic heterocycles. The Hall–Kier alpha value is -2.24. The number of carbonyl (C=O) groups excluding carboxylic acids is 2. The van der Waals surface area contributed by atoms with Gasteiger partial charge < -0.3 is 19.9 Å². The van der Waals surface area contributed by atoms with Crippen molar-refractivity contribution in [3.05, 3.63) is 30.3 Å². The number of rotatable bonds is 1. The van der Waals surface area contributed by atoms with Crippen LogP contribution in [0.5, 0.6) is 0 Å². The summed E-state index contributed by atoms with van der Waals surface area (Å²) in [5.41, 5.74) is 0.248. The molecule has 23 heavy (non-hydrogen) atoms. The summed E-state index contributed by atoms with van der Waals surface area (Å²) in [5.74, 6) is 0. The number of nitrogens with zero attached hydrogens (tertiary/aromatic N) is 2. The molecule has 3 amide bonds. The van der Waals surface area contributed by atoms with Crippen molar-refractivity contribution in [2.45, 2.75) is 39.3 Å². The van der Waals surface area contributed by atoms with Crippen LogP contribution in [-0.4, -0.2) is 53.2 Å². The minimum atomic E-state index is -0.515. The second kappa shape index (κ2) is 6.89. The maximum atomic E-state index is 12.3. The zero-order chi connectivity index (χ0) is 17.0. The van der Waals surface area contributed by atoms with Crippen LogP contribution in [0.2, 0.25) is 0 Å². The molecule has 0 bridgehead atoms. The number of carbonyl (C=O) groups is 2. The predicted molar refractivity (Wildman–Crippen MR) is 89.4 cm³/mol. The number of ether oxygens (including phenoxy) is 1. The summed E-state index contributed by atoms with van der Waals surface area (Å²) >= 11 is 0. The Kier molecular flexibility index (Phi) is 5.13. The second-order valence-electron chi connectivity index (χ2n) is 6.76. The van der Waals surface area contributed by atoms with Crippen molar-refractivity contribution in [1.29, 1.82) is 0 Å². The summed E-state index contributed by atoms with van der Waals surface area (Å²) in [4.78, 5) is 27.9. The lowest BCUT2D eigenvalue weighted by atomic mass is 10.2. The van der Waals surface area contributed by atoms with Crippen LogP contribution >= 0.6 is 0 Å². The van der Waals surface area contributed by atoms with Gasteiger partial charge in [-0.15, -0.1) is 0 Å². The van der Waals surface area contributed by atoms with Crippen molar-refractivity contribution in [1.82, 2.24) is 9.80 Å². The molecule has 1 heterocycles. The van der Waals surface area contributed by atoms with Crippen molar-refractivity contribution in [2.75, 3.05) is 25.0 Å². The molecule has 1 aliphatic rings. The van der Waals surface area contributed by atoms with Gasteiger partial charge in [-0.2, -0.15) is 0 Å². The molecule has 1 N–H and O–H groups in total. The molecule has 1 fully saturated rings. The van der Waals surface area contributed by atoms with Crippen LogP contribution in [0.15, 0.2) is 30.3 Å². The van der Waals surface area contributed by atoms with Crippen molar-refractivity contribution < 1.29 is 14.3 Å². The fraction of sp³-hybridized carbons (Fsp3) is 0.529. The van der Waals surface area contributed by atoms with Gasteiger partial charge in [0.15, 0.2) is 0 Å². The maximum absolute atomic E-state index is 12.3. The van der Waals surface area contributed by atoms with Crippen molar-refractivity contribution in [3.8, 4) is 0 Å². The molecule has 0 spiro atoms. The lowest BCUT2D eigenvalue weighted by Crippen LogP contribution is -2.57. The molecule has 6 heteroatoms. The number of anilines is 1. The van der Waals surface area contributed by atoms with Gasteiger partial charge in [0.25, 0.3) is 0 Å². The summed E-state index contributed by atoms with van der Waals surface area (Å²) in [7, 11) is 0. The van der Waals surface area contributed by atoms with Gasteiger partial charge in [-0.05, 0) is 39.8 Å². The standard InChI is InChI=1S/C17H25N3O3/c1-13-12-19(15(21)18-14-8-6-5-7-9-14)10-11-20(13)16(22)23-17(2,3)4/h5-9,13H,10-12H2,1-4H3,(H,18,21)/t13-/m0/s1. The largest absolute Gasteiger partial charge is 0.444 e. The molecular formula is C17H25N3O3. The zero-order valence-electron chi connectivity index (χ0n) is 14.2. The Bertz CT molecular complexity index is 554. The number of piperazine rings is 1. The van der Waals surface area contributed by atoms with Gasteiger partial charge in [0, 0.05) is 31.4 Å². The minimum absolute atomic E-state index is 0.0832. The first-order valence-electron chi connectivity index (χ1n) is 7.87. The molecule has 0 radical (unpaired) electrons. The Labute approximate surface area is 137 Å². The summed E-state index contributed by atoms with van der Waals surface area (Å²) in [5, 5.41) is 2.87. The van der Waals surface area contributed by atoms with Gasteiger partial charge in [0.05, 0.1) is 0 Å². The lowest BCUT2D eigenvalue weighted by Gasteiger charge is -2.40. The molecule has 0 saturated carbocycles. The average molecular weight is 319 g/mol. The predicted octanol–water partition coefficient (Wildman–Crippen LogP) is 3.16. The van der Waals surface area contributed by atoms with Gasteiger partial charge >= 0.3 is 12.1 Å². The Morgan fingerprint density at radius 2 is 1.83 bits per heavy atom. The number of nitrogens with one attached hydrogen (secondary N) is 1. The Balaban J connectivity index is 1.90. The number of hydrogen-bond acceptors (Lipinski definition) is 3. The van der Waals surface area contributed by atoms with Gasteiger partial charge in [0.1, 0.15) is 5.60 Å². The lowest BCUT2D eigenvalue weighted by molar-refractivity contribution is 0.00589. The maximum Gasteiger partial charge on any atom is 0.410 e. The van der Waals surface area contributed by atoms with Crippen LogP contribution in [0.25, 0.3) is 0 Å². The van der Waals surface area contributed by atoms with Gasteiger partial charge in [-0.3, -0.25) is 0 Å². The van der Waals surface area contributed by atoms with Gasteiger partial charge in [-0.25, -0.2) is 9.59 Å². The molecule has 2 rings (SSSR count). The fourth-order valence-corrected chi connectivity index (χ4v) is 2.46. The number of urea groups is 1. The van der Waals surface area contributed by atoms with E-state index < -0.39 is 5.60 Å². The minimum Gasteiger partial charge on any atom is -0.444 e. The van der Waals surface area contributed by atoms with Crippen molar-refractivity contribution in [3.63, 3.8) is 0 Å². The normalized spacial score (nSPS) is 18.5. The first-order valence-corrected chi connectivity index (χ1v) is 7.87.